The third-order valence-electron chi connectivity index (χ3n) is 7.76. The molecule has 0 aromatic heterocycles. The second-order valence-corrected chi connectivity index (χ2v) is 10.3. The summed E-state index contributed by atoms with van der Waals surface area (Å²) in [4.78, 5) is 12.5. The summed E-state index contributed by atoms with van der Waals surface area (Å²) in [5, 5.41) is 10.1. The van der Waals surface area contributed by atoms with Gasteiger partial charge in [-0.15, -0.1) is 0 Å². The summed E-state index contributed by atoms with van der Waals surface area (Å²) in [6, 6.07) is 20.4. The average molecular weight is 503 g/mol. The van der Waals surface area contributed by atoms with E-state index in [1.807, 2.05) is 0 Å². The van der Waals surface area contributed by atoms with Crippen molar-refractivity contribution in [2.45, 2.75) is 77.6 Å². The summed E-state index contributed by atoms with van der Waals surface area (Å²) in [6.45, 7) is 4.31. The van der Waals surface area contributed by atoms with Crippen molar-refractivity contribution >= 4 is 5.78 Å². The number of ketones is 1. The SMILES string of the molecule is CCCC1CCC(c2ccc(-c3ccc(CCCC(=O)c4ccc(OCC)c(F)c4O)cc3)cc2)CC1. The van der Waals surface area contributed by atoms with Crippen LogP contribution in [0.4, 0.5) is 4.39 Å². The molecule has 0 unspecified atom stereocenters. The van der Waals surface area contributed by atoms with E-state index in [0.717, 1.165) is 17.9 Å². The molecule has 1 aliphatic rings. The van der Waals surface area contributed by atoms with Gasteiger partial charge in [0.15, 0.2) is 17.3 Å². The van der Waals surface area contributed by atoms with E-state index in [1.54, 1.807) is 6.92 Å². The van der Waals surface area contributed by atoms with Crippen LogP contribution in [0.2, 0.25) is 0 Å². The molecule has 0 spiro atoms. The number of phenols is 1. The van der Waals surface area contributed by atoms with Crippen LogP contribution < -0.4 is 4.74 Å². The van der Waals surface area contributed by atoms with Crippen molar-refractivity contribution in [1.29, 1.82) is 0 Å². The largest absolute Gasteiger partial charge is 0.504 e. The van der Waals surface area contributed by atoms with Gasteiger partial charge in [0, 0.05) is 6.42 Å². The molecule has 4 rings (SSSR count). The molecule has 0 atom stereocenters. The number of benzene rings is 3. The first-order valence-electron chi connectivity index (χ1n) is 13.9. The van der Waals surface area contributed by atoms with Crippen molar-refractivity contribution < 1.29 is 19.0 Å². The molecule has 0 amide bonds. The number of halogens is 1. The molecule has 1 fully saturated rings. The maximum atomic E-state index is 14.2. The second kappa shape index (κ2) is 12.9. The first kappa shape index (κ1) is 26.9. The van der Waals surface area contributed by atoms with Crippen molar-refractivity contribution in [3.8, 4) is 22.6 Å². The van der Waals surface area contributed by atoms with Gasteiger partial charge in [0.2, 0.25) is 5.82 Å². The zero-order valence-corrected chi connectivity index (χ0v) is 22.1. The molecule has 3 aromatic rings. The van der Waals surface area contributed by atoms with E-state index in [1.165, 1.54) is 67.3 Å². The minimum absolute atomic E-state index is 0.00810. The van der Waals surface area contributed by atoms with Crippen LogP contribution in [0.5, 0.6) is 11.5 Å². The van der Waals surface area contributed by atoms with Crippen LogP contribution in [-0.4, -0.2) is 17.5 Å². The van der Waals surface area contributed by atoms with Gasteiger partial charge in [-0.25, -0.2) is 0 Å². The Morgan fingerprint density at radius 1 is 0.919 bits per heavy atom. The van der Waals surface area contributed by atoms with E-state index in [2.05, 4.69) is 55.5 Å². The maximum Gasteiger partial charge on any atom is 0.207 e. The average Bonchev–Trinajstić information content (AvgIpc) is 2.92. The predicted molar refractivity (Wildman–Crippen MR) is 148 cm³/mol. The molecule has 0 aliphatic heterocycles. The van der Waals surface area contributed by atoms with Crippen LogP contribution in [0.1, 0.15) is 92.6 Å². The molecule has 1 aliphatic carbocycles. The highest BCUT2D eigenvalue weighted by atomic mass is 19.1. The third-order valence-corrected chi connectivity index (χ3v) is 7.76. The number of carbonyl (C=O) groups excluding carboxylic acids is 1. The van der Waals surface area contributed by atoms with Gasteiger partial charge >= 0.3 is 0 Å². The Balaban J connectivity index is 1.28. The first-order valence-corrected chi connectivity index (χ1v) is 13.9. The highest BCUT2D eigenvalue weighted by molar-refractivity contribution is 5.98. The molecule has 1 N–H and O–H groups in total. The Hall–Kier alpha value is -3.14. The molecule has 4 heteroatoms. The summed E-state index contributed by atoms with van der Waals surface area (Å²) < 4.78 is 19.3. The van der Waals surface area contributed by atoms with E-state index in [4.69, 9.17) is 4.74 Å². The number of ether oxygens (including phenoxy) is 1. The fraction of sp³-hybridized carbons (Fsp3) is 0.424. The van der Waals surface area contributed by atoms with Gasteiger partial charge in [0.25, 0.3) is 0 Å². The van der Waals surface area contributed by atoms with Crippen LogP contribution in [0.3, 0.4) is 0 Å². The number of Topliss-reactive ketones (excluding diaryl/α,β-unsaturated/α-hetero) is 1. The quantitative estimate of drug-likeness (QED) is 0.266. The van der Waals surface area contributed by atoms with Gasteiger partial charge in [0.05, 0.1) is 12.2 Å². The van der Waals surface area contributed by atoms with Crippen LogP contribution in [0, 0.1) is 11.7 Å². The topological polar surface area (TPSA) is 46.5 Å². The molecular weight excluding hydrogens is 463 g/mol. The predicted octanol–water partition coefficient (Wildman–Crippen LogP) is 8.88. The number of hydrogen-bond acceptors (Lipinski definition) is 3. The molecule has 196 valence electrons. The normalized spacial score (nSPS) is 17.5. The zero-order valence-electron chi connectivity index (χ0n) is 22.1. The molecular formula is C33H39FO3. The molecule has 0 saturated heterocycles. The van der Waals surface area contributed by atoms with Gasteiger partial charge in [-0.3, -0.25) is 4.79 Å². The molecule has 37 heavy (non-hydrogen) atoms. The van der Waals surface area contributed by atoms with E-state index < -0.39 is 11.6 Å². The molecule has 3 aromatic carbocycles. The lowest BCUT2D eigenvalue weighted by molar-refractivity contribution is 0.0976. The number of aryl methyl sites for hydroxylation is 1. The van der Waals surface area contributed by atoms with E-state index in [0.29, 0.717) is 12.3 Å². The van der Waals surface area contributed by atoms with Crippen molar-refractivity contribution in [3.05, 3.63) is 83.2 Å². The Kier molecular flexibility index (Phi) is 9.38. The smallest absolute Gasteiger partial charge is 0.207 e. The lowest BCUT2D eigenvalue weighted by Crippen LogP contribution is -2.13. The standard InChI is InChI=1S/C33H39FO3/c1-3-6-23-9-13-25(14-10-23)27-17-19-28(20-18-27)26-15-11-24(12-16-26)7-5-8-30(35)29-21-22-31(37-4-2)32(34)33(29)36/h11-12,15-23,25,36H,3-10,13-14H2,1-2H3. The number of rotatable bonds is 11. The van der Waals surface area contributed by atoms with Crippen LogP contribution in [-0.2, 0) is 6.42 Å². The number of phenolic OH excluding ortho intramolecular Hbond substituents is 1. The molecule has 3 nitrogen and oxygen atoms in total. The zero-order chi connectivity index (χ0) is 26.2. The molecule has 0 heterocycles. The van der Waals surface area contributed by atoms with Gasteiger partial charge in [-0.05, 0) is 91.7 Å². The summed E-state index contributed by atoms with van der Waals surface area (Å²) >= 11 is 0. The summed E-state index contributed by atoms with van der Waals surface area (Å²) in [5.41, 5.74) is 5.04. The fourth-order valence-corrected chi connectivity index (χ4v) is 5.63. The van der Waals surface area contributed by atoms with Gasteiger partial charge < -0.3 is 9.84 Å². The Morgan fingerprint density at radius 3 is 2.19 bits per heavy atom. The number of aromatic hydroxyl groups is 1. The lowest BCUT2D eigenvalue weighted by atomic mass is 9.77. The van der Waals surface area contributed by atoms with E-state index in [-0.39, 0.29) is 30.1 Å². The van der Waals surface area contributed by atoms with Crippen molar-refractivity contribution in [1.82, 2.24) is 0 Å². The molecule has 1 saturated carbocycles. The van der Waals surface area contributed by atoms with Crippen molar-refractivity contribution in [2.24, 2.45) is 5.92 Å². The summed E-state index contributed by atoms with van der Waals surface area (Å²) in [5.74, 6) is -0.185. The second-order valence-electron chi connectivity index (χ2n) is 10.3. The van der Waals surface area contributed by atoms with Crippen LogP contribution >= 0.6 is 0 Å². The summed E-state index contributed by atoms with van der Waals surface area (Å²) in [6.07, 6.45) is 9.65. The number of hydrogen-bond donors (Lipinski definition) is 1. The van der Waals surface area contributed by atoms with Crippen molar-refractivity contribution in [3.63, 3.8) is 0 Å². The Bertz CT molecular complexity index is 1160. The van der Waals surface area contributed by atoms with Gasteiger partial charge in [-0.1, -0.05) is 68.3 Å². The minimum atomic E-state index is -0.879. The monoisotopic (exact) mass is 502 g/mol. The number of carbonyl (C=O) groups is 1. The lowest BCUT2D eigenvalue weighted by Gasteiger charge is -2.28. The highest BCUT2D eigenvalue weighted by Gasteiger charge is 2.22. The Morgan fingerprint density at radius 2 is 1.57 bits per heavy atom. The van der Waals surface area contributed by atoms with Crippen LogP contribution in [0.15, 0.2) is 60.7 Å². The van der Waals surface area contributed by atoms with Gasteiger partial charge in [-0.2, -0.15) is 4.39 Å². The van der Waals surface area contributed by atoms with Crippen LogP contribution in [0.25, 0.3) is 11.1 Å². The van der Waals surface area contributed by atoms with Crippen molar-refractivity contribution in [2.75, 3.05) is 6.61 Å². The first-order chi connectivity index (χ1) is 18.0. The molecule has 0 bridgehead atoms. The maximum absolute atomic E-state index is 14.2. The van der Waals surface area contributed by atoms with E-state index >= 15 is 0 Å². The fourth-order valence-electron chi connectivity index (χ4n) is 5.63. The van der Waals surface area contributed by atoms with E-state index in [9.17, 15) is 14.3 Å². The third kappa shape index (κ3) is 6.80. The highest BCUT2D eigenvalue weighted by Crippen LogP contribution is 2.38. The minimum Gasteiger partial charge on any atom is -0.504 e. The van der Waals surface area contributed by atoms with Gasteiger partial charge in [0.1, 0.15) is 0 Å². The summed E-state index contributed by atoms with van der Waals surface area (Å²) in [7, 11) is 0. The molecule has 0 radical (unpaired) electrons. The Labute approximate surface area is 220 Å².